The molecule has 0 aliphatic carbocycles. The average molecular weight is 342 g/mol. The highest BCUT2D eigenvalue weighted by Gasteiger charge is 2.21. The van der Waals surface area contributed by atoms with Crippen molar-refractivity contribution in [3.63, 3.8) is 0 Å². The van der Waals surface area contributed by atoms with E-state index < -0.39 is 11.9 Å². The van der Waals surface area contributed by atoms with Gasteiger partial charge in [-0.05, 0) is 36.9 Å². The minimum absolute atomic E-state index is 0.162. The maximum absolute atomic E-state index is 14.4. The van der Waals surface area contributed by atoms with Crippen molar-refractivity contribution in [3.05, 3.63) is 63.6 Å². The number of hydrogen-bond donors (Lipinski definition) is 1. The molecule has 0 radical (unpaired) electrons. The van der Waals surface area contributed by atoms with Gasteiger partial charge in [0.1, 0.15) is 5.82 Å². The fourth-order valence-electron chi connectivity index (χ4n) is 2.12. The number of benzene rings is 2. The van der Waals surface area contributed by atoms with Crippen LogP contribution in [0, 0.1) is 11.6 Å². The second-order valence-corrected chi connectivity index (χ2v) is 5.11. The first kappa shape index (κ1) is 14.9. The van der Waals surface area contributed by atoms with Crippen molar-refractivity contribution < 1.29 is 13.5 Å². The van der Waals surface area contributed by atoms with Crippen molar-refractivity contribution in [3.8, 4) is 5.75 Å². The maximum atomic E-state index is 14.4. The largest absolute Gasteiger partial charge is 0.494 e. The molecular weight excluding hydrogens is 328 g/mol. The molecule has 2 nitrogen and oxygen atoms in total. The number of rotatable bonds is 4. The van der Waals surface area contributed by atoms with Crippen LogP contribution in [-0.4, -0.2) is 14.2 Å². The third kappa shape index (κ3) is 2.83. The zero-order valence-corrected chi connectivity index (χ0v) is 12.7. The fourth-order valence-corrected chi connectivity index (χ4v) is 2.60. The molecule has 106 valence electrons. The fraction of sp³-hybridized carbons (Fsp3) is 0.200. The molecule has 2 aromatic rings. The Balaban J connectivity index is 2.55. The molecule has 1 atom stereocenters. The van der Waals surface area contributed by atoms with Crippen molar-refractivity contribution in [2.75, 3.05) is 14.2 Å². The molecule has 0 aromatic heterocycles. The van der Waals surface area contributed by atoms with Crippen LogP contribution in [0.4, 0.5) is 8.78 Å². The Bertz CT molecular complexity index is 619. The quantitative estimate of drug-likeness (QED) is 0.905. The molecule has 0 saturated heterocycles. The summed E-state index contributed by atoms with van der Waals surface area (Å²) >= 11 is 3.37. The second kappa shape index (κ2) is 6.33. The van der Waals surface area contributed by atoms with Crippen molar-refractivity contribution in [2.45, 2.75) is 6.04 Å². The summed E-state index contributed by atoms with van der Waals surface area (Å²) in [5, 5.41) is 3.00. The first-order chi connectivity index (χ1) is 9.58. The predicted octanol–water partition coefficient (Wildman–Crippen LogP) is 4.04. The van der Waals surface area contributed by atoms with Gasteiger partial charge in [-0.1, -0.05) is 28.1 Å². The molecule has 0 aliphatic rings. The van der Waals surface area contributed by atoms with E-state index in [-0.39, 0.29) is 11.6 Å². The Labute approximate surface area is 124 Å². The summed E-state index contributed by atoms with van der Waals surface area (Å²) in [5.74, 6) is -0.660. The van der Waals surface area contributed by atoms with E-state index in [2.05, 4.69) is 21.2 Å². The highest BCUT2D eigenvalue weighted by Crippen LogP contribution is 2.33. The second-order valence-electron chi connectivity index (χ2n) is 4.25. The van der Waals surface area contributed by atoms with Crippen LogP contribution in [-0.2, 0) is 0 Å². The van der Waals surface area contributed by atoms with Crippen LogP contribution >= 0.6 is 15.9 Å². The van der Waals surface area contributed by atoms with Crippen LogP contribution in [0.25, 0.3) is 0 Å². The molecule has 2 rings (SSSR count). The normalized spacial score (nSPS) is 12.2. The lowest BCUT2D eigenvalue weighted by Gasteiger charge is -2.20. The monoisotopic (exact) mass is 341 g/mol. The van der Waals surface area contributed by atoms with Gasteiger partial charge in [0.2, 0.25) is 0 Å². The SMILES string of the molecule is CNC(c1cc(F)ccc1Br)c1cccc(OC)c1F. The summed E-state index contributed by atoms with van der Waals surface area (Å²) in [4.78, 5) is 0. The minimum atomic E-state index is -0.477. The van der Waals surface area contributed by atoms with Gasteiger partial charge in [-0.25, -0.2) is 8.78 Å². The summed E-state index contributed by atoms with van der Waals surface area (Å²) in [6, 6.07) is 8.76. The van der Waals surface area contributed by atoms with E-state index in [0.29, 0.717) is 15.6 Å². The molecule has 1 N–H and O–H groups in total. The molecule has 0 bridgehead atoms. The van der Waals surface area contributed by atoms with Gasteiger partial charge in [0.05, 0.1) is 13.2 Å². The molecule has 0 spiro atoms. The third-order valence-electron chi connectivity index (χ3n) is 3.08. The van der Waals surface area contributed by atoms with Gasteiger partial charge < -0.3 is 10.1 Å². The van der Waals surface area contributed by atoms with Crippen LogP contribution in [0.1, 0.15) is 17.2 Å². The Kier molecular flexibility index (Phi) is 4.73. The third-order valence-corrected chi connectivity index (χ3v) is 3.80. The van der Waals surface area contributed by atoms with Gasteiger partial charge in [-0.3, -0.25) is 0 Å². The molecule has 0 amide bonds. The molecular formula is C15H14BrF2NO. The van der Waals surface area contributed by atoms with Crippen LogP contribution in [0.15, 0.2) is 40.9 Å². The lowest BCUT2D eigenvalue weighted by atomic mass is 9.98. The number of ether oxygens (including phenoxy) is 1. The number of nitrogens with one attached hydrogen (secondary N) is 1. The van der Waals surface area contributed by atoms with E-state index in [1.54, 1.807) is 31.3 Å². The molecule has 1 unspecified atom stereocenters. The van der Waals surface area contributed by atoms with E-state index in [1.165, 1.54) is 19.2 Å². The van der Waals surface area contributed by atoms with Gasteiger partial charge in [-0.15, -0.1) is 0 Å². The average Bonchev–Trinajstić information content (AvgIpc) is 2.45. The van der Waals surface area contributed by atoms with E-state index in [1.807, 2.05) is 0 Å². The lowest BCUT2D eigenvalue weighted by molar-refractivity contribution is 0.382. The van der Waals surface area contributed by atoms with Gasteiger partial charge in [-0.2, -0.15) is 0 Å². The Morgan fingerprint density at radius 1 is 1.15 bits per heavy atom. The number of methoxy groups -OCH3 is 1. The maximum Gasteiger partial charge on any atom is 0.170 e. The molecule has 0 aliphatic heterocycles. The van der Waals surface area contributed by atoms with Crippen LogP contribution < -0.4 is 10.1 Å². The van der Waals surface area contributed by atoms with Crippen LogP contribution in [0.5, 0.6) is 5.75 Å². The summed E-state index contributed by atoms with van der Waals surface area (Å²) in [5.41, 5.74) is 1.03. The molecule has 20 heavy (non-hydrogen) atoms. The van der Waals surface area contributed by atoms with Crippen LogP contribution in [0.3, 0.4) is 0 Å². The standard InChI is InChI=1S/C15H14BrF2NO/c1-19-15(11-8-9(17)6-7-12(11)16)10-4-3-5-13(20-2)14(10)18/h3-8,15,19H,1-2H3. The summed E-state index contributed by atoms with van der Waals surface area (Å²) < 4.78 is 33.5. The van der Waals surface area contributed by atoms with Crippen molar-refractivity contribution >= 4 is 15.9 Å². The molecule has 0 saturated carbocycles. The zero-order valence-electron chi connectivity index (χ0n) is 11.1. The Hall–Kier alpha value is -1.46. The summed E-state index contributed by atoms with van der Waals surface area (Å²) in [7, 11) is 3.11. The molecule has 0 heterocycles. The van der Waals surface area contributed by atoms with Gasteiger partial charge in [0.25, 0.3) is 0 Å². The number of halogens is 3. The van der Waals surface area contributed by atoms with E-state index in [4.69, 9.17) is 4.74 Å². The Morgan fingerprint density at radius 3 is 2.55 bits per heavy atom. The molecule has 5 heteroatoms. The lowest BCUT2D eigenvalue weighted by Crippen LogP contribution is -2.20. The summed E-state index contributed by atoms with van der Waals surface area (Å²) in [6.45, 7) is 0. The topological polar surface area (TPSA) is 21.3 Å². The highest BCUT2D eigenvalue weighted by atomic mass is 79.9. The van der Waals surface area contributed by atoms with Gasteiger partial charge in [0.15, 0.2) is 11.6 Å². The van der Waals surface area contributed by atoms with Crippen molar-refractivity contribution in [1.82, 2.24) is 5.32 Å². The van der Waals surface area contributed by atoms with E-state index >= 15 is 0 Å². The molecule has 0 fully saturated rings. The minimum Gasteiger partial charge on any atom is -0.494 e. The van der Waals surface area contributed by atoms with E-state index in [9.17, 15) is 8.78 Å². The summed E-state index contributed by atoms with van der Waals surface area (Å²) in [6.07, 6.45) is 0. The van der Waals surface area contributed by atoms with Crippen LogP contribution in [0.2, 0.25) is 0 Å². The van der Waals surface area contributed by atoms with Crippen molar-refractivity contribution in [2.24, 2.45) is 0 Å². The highest BCUT2D eigenvalue weighted by molar-refractivity contribution is 9.10. The van der Waals surface area contributed by atoms with E-state index in [0.717, 1.165) is 0 Å². The Morgan fingerprint density at radius 2 is 1.90 bits per heavy atom. The first-order valence-corrected chi connectivity index (χ1v) is 6.82. The molecule has 2 aromatic carbocycles. The van der Waals surface area contributed by atoms with Crippen molar-refractivity contribution in [1.29, 1.82) is 0 Å². The zero-order chi connectivity index (χ0) is 14.7. The first-order valence-electron chi connectivity index (χ1n) is 6.03. The predicted molar refractivity (Wildman–Crippen MR) is 78.0 cm³/mol. The van der Waals surface area contributed by atoms with Gasteiger partial charge in [0, 0.05) is 10.0 Å². The smallest absolute Gasteiger partial charge is 0.170 e. The number of hydrogen-bond acceptors (Lipinski definition) is 2. The van der Waals surface area contributed by atoms with Gasteiger partial charge >= 0.3 is 0 Å².